The van der Waals surface area contributed by atoms with Crippen LogP contribution in [0.1, 0.15) is 11.1 Å². The van der Waals surface area contributed by atoms with Gasteiger partial charge in [-0.05, 0) is 42.1 Å². The topological polar surface area (TPSA) is 66.8 Å². The van der Waals surface area contributed by atoms with Gasteiger partial charge in [-0.25, -0.2) is 4.90 Å². The largest absolute Gasteiger partial charge is 0.508 e. The highest BCUT2D eigenvalue weighted by Crippen LogP contribution is 2.37. The third-order valence-corrected chi connectivity index (χ3v) is 5.67. The molecule has 4 rings (SSSR count). The number of benzene rings is 3. The van der Waals surface area contributed by atoms with E-state index in [1.54, 1.807) is 30.3 Å². The molecule has 30 heavy (non-hydrogen) atoms. The second-order valence-electron chi connectivity index (χ2n) is 6.45. The maximum absolute atomic E-state index is 12.8. The Kier molecular flexibility index (Phi) is 5.79. The third-order valence-electron chi connectivity index (χ3n) is 4.43. The average molecular weight is 438 g/mol. The van der Waals surface area contributed by atoms with Crippen molar-refractivity contribution in [2.75, 3.05) is 4.90 Å². The number of halogens is 1. The van der Waals surface area contributed by atoms with Gasteiger partial charge in [-0.3, -0.25) is 9.59 Å². The molecule has 1 aliphatic rings. The van der Waals surface area contributed by atoms with Crippen LogP contribution in [0, 0.1) is 0 Å². The Morgan fingerprint density at radius 1 is 1.00 bits per heavy atom. The van der Waals surface area contributed by atoms with Gasteiger partial charge in [0.2, 0.25) is 0 Å². The molecule has 0 aromatic heterocycles. The van der Waals surface area contributed by atoms with Crippen molar-refractivity contribution >= 4 is 46.3 Å². The number of phenols is 1. The summed E-state index contributed by atoms with van der Waals surface area (Å²) in [6.45, 7) is 0.273. The van der Waals surface area contributed by atoms with Crippen LogP contribution in [-0.2, 0) is 11.4 Å². The van der Waals surface area contributed by atoms with E-state index in [2.05, 4.69) is 0 Å². The van der Waals surface area contributed by atoms with E-state index in [9.17, 15) is 14.7 Å². The van der Waals surface area contributed by atoms with E-state index >= 15 is 0 Å². The Hall–Kier alpha value is -3.22. The number of rotatable bonds is 5. The summed E-state index contributed by atoms with van der Waals surface area (Å²) in [5.74, 6) is 0.104. The number of carbonyl (C=O) groups excluding carboxylic acids is 2. The van der Waals surface area contributed by atoms with E-state index in [1.165, 1.54) is 12.1 Å². The van der Waals surface area contributed by atoms with Gasteiger partial charge in [-0.2, -0.15) is 0 Å². The lowest BCUT2D eigenvalue weighted by Gasteiger charge is -2.12. The minimum absolute atomic E-state index is 0.0196. The Balaban J connectivity index is 1.59. The van der Waals surface area contributed by atoms with Crippen molar-refractivity contribution in [2.24, 2.45) is 0 Å². The minimum atomic E-state index is -0.448. The Labute approximate surface area is 182 Å². The molecule has 3 aromatic carbocycles. The number of aromatic hydroxyl groups is 1. The van der Waals surface area contributed by atoms with Gasteiger partial charge >= 0.3 is 0 Å². The number of anilines is 1. The van der Waals surface area contributed by atoms with E-state index in [0.717, 1.165) is 22.2 Å². The highest BCUT2D eigenvalue weighted by molar-refractivity contribution is 8.19. The zero-order valence-corrected chi connectivity index (χ0v) is 17.2. The van der Waals surface area contributed by atoms with Gasteiger partial charge in [0, 0.05) is 22.2 Å². The monoisotopic (exact) mass is 437 g/mol. The summed E-state index contributed by atoms with van der Waals surface area (Å²) in [7, 11) is 0. The van der Waals surface area contributed by atoms with Crippen LogP contribution in [0.2, 0.25) is 5.02 Å². The van der Waals surface area contributed by atoms with Gasteiger partial charge in [-0.15, -0.1) is 0 Å². The summed E-state index contributed by atoms with van der Waals surface area (Å²) in [5.41, 5.74) is 1.84. The molecule has 0 bridgehead atoms. The first kappa shape index (κ1) is 20.1. The molecule has 0 radical (unpaired) electrons. The fraction of sp³-hybridized carbons (Fsp3) is 0.0435. The first-order valence-corrected chi connectivity index (χ1v) is 10.2. The summed E-state index contributed by atoms with van der Waals surface area (Å²) in [6.07, 6.45) is 1.63. The van der Waals surface area contributed by atoms with Crippen molar-refractivity contribution in [3.8, 4) is 11.5 Å². The molecule has 3 aromatic rings. The Bertz CT molecular complexity index is 1160. The number of carbonyl (C=O) groups is 2. The van der Waals surface area contributed by atoms with Crippen LogP contribution in [0.15, 0.2) is 77.7 Å². The standard InChI is InChI=1S/C23H16ClNO4S/c24-19-10-3-1-7-16(19)14-29-20-11-4-2-6-15(20)12-21-22(27)25(23(28)30-21)17-8-5-9-18(26)13-17/h1-13,26H,14H2/b21-12-. The maximum atomic E-state index is 12.8. The Morgan fingerprint density at radius 3 is 2.57 bits per heavy atom. The van der Waals surface area contributed by atoms with Crippen molar-refractivity contribution in [3.05, 3.63) is 93.9 Å². The molecule has 2 amide bonds. The molecular formula is C23H16ClNO4S. The number of para-hydroxylation sites is 1. The molecule has 1 N–H and O–H groups in total. The lowest BCUT2D eigenvalue weighted by molar-refractivity contribution is -0.113. The third kappa shape index (κ3) is 4.20. The molecule has 1 aliphatic heterocycles. The summed E-state index contributed by atoms with van der Waals surface area (Å²) in [4.78, 5) is 26.6. The van der Waals surface area contributed by atoms with Gasteiger partial charge < -0.3 is 9.84 Å². The first-order chi connectivity index (χ1) is 14.5. The van der Waals surface area contributed by atoms with Gasteiger partial charge in [0.15, 0.2) is 0 Å². The predicted octanol–water partition coefficient (Wildman–Crippen LogP) is 5.87. The number of imide groups is 1. The number of nitrogens with zero attached hydrogens (tertiary/aromatic N) is 1. The van der Waals surface area contributed by atoms with E-state index < -0.39 is 11.1 Å². The molecule has 1 saturated heterocycles. The van der Waals surface area contributed by atoms with Crippen LogP contribution in [0.5, 0.6) is 11.5 Å². The van der Waals surface area contributed by atoms with Crippen LogP contribution in [0.3, 0.4) is 0 Å². The number of hydrogen-bond donors (Lipinski definition) is 1. The normalized spacial score (nSPS) is 15.1. The van der Waals surface area contributed by atoms with E-state index in [1.807, 2.05) is 36.4 Å². The van der Waals surface area contributed by atoms with Gasteiger partial charge in [0.1, 0.15) is 18.1 Å². The molecule has 5 nitrogen and oxygen atoms in total. The second-order valence-corrected chi connectivity index (χ2v) is 7.86. The molecule has 0 unspecified atom stereocenters. The van der Waals surface area contributed by atoms with Gasteiger partial charge in [0.25, 0.3) is 11.1 Å². The van der Waals surface area contributed by atoms with Crippen LogP contribution >= 0.6 is 23.4 Å². The van der Waals surface area contributed by atoms with E-state index in [-0.39, 0.29) is 17.3 Å². The lowest BCUT2D eigenvalue weighted by Crippen LogP contribution is -2.27. The summed E-state index contributed by atoms with van der Waals surface area (Å²) >= 11 is 7.03. The number of hydrogen-bond acceptors (Lipinski definition) is 5. The fourth-order valence-corrected chi connectivity index (χ4v) is 3.99. The van der Waals surface area contributed by atoms with Crippen LogP contribution in [0.4, 0.5) is 10.5 Å². The Morgan fingerprint density at radius 2 is 1.77 bits per heavy atom. The maximum Gasteiger partial charge on any atom is 0.298 e. The van der Waals surface area contributed by atoms with Crippen LogP contribution in [0.25, 0.3) is 6.08 Å². The molecule has 7 heteroatoms. The quantitative estimate of drug-likeness (QED) is 0.506. The number of thioether (sulfide) groups is 1. The molecule has 0 spiro atoms. The predicted molar refractivity (Wildman–Crippen MR) is 119 cm³/mol. The van der Waals surface area contributed by atoms with Gasteiger partial charge in [-0.1, -0.05) is 54.1 Å². The number of amides is 2. The molecule has 150 valence electrons. The zero-order valence-electron chi connectivity index (χ0n) is 15.6. The molecular weight excluding hydrogens is 422 g/mol. The molecule has 1 heterocycles. The summed E-state index contributed by atoms with van der Waals surface area (Å²) in [6, 6.07) is 20.7. The molecule has 0 atom stereocenters. The SMILES string of the molecule is O=C1S/C(=C\c2ccccc2OCc2ccccc2Cl)C(=O)N1c1cccc(O)c1. The molecule has 0 aliphatic carbocycles. The summed E-state index contributed by atoms with van der Waals surface area (Å²) < 4.78 is 5.92. The fourth-order valence-electron chi connectivity index (χ4n) is 2.97. The average Bonchev–Trinajstić information content (AvgIpc) is 3.01. The highest BCUT2D eigenvalue weighted by Gasteiger charge is 2.36. The smallest absolute Gasteiger partial charge is 0.298 e. The van der Waals surface area contributed by atoms with Crippen molar-refractivity contribution in [2.45, 2.75) is 6.61 Å². The van der Waals surface area contributed by atoms with E-state index in [4.69, 9.17) is 16.3 Å². The summed E-state index contributed by atoms with van der Waals surface area (Å²) in [5, 5.41) is 9.85. The molecule has 1 fully saturated rings. The van der Waals surface area contributed by atoms with E-state index in [0.29, 0.717) is 22.0 Å². The van der Waals surface area contributed by atoms with Crippen LogP contribution < -0.4 is 9.64 Å². The van der Waals surface area contributed by atoms with Crippen LogP contribution in [-0.4, -0.2) is 16.3 Å². The van der Waals surface area contributed by atoms with Crippen molar-refractivity contribution in [3.63, 3.8) is 0 Å². The highest BCUT2D eigenvalue weighted by atomic mass is 35.5. The van der Waals surface area contributed by atoms with Crippen molar-refractivity contribution in [1.82, 2.24) is 0 Å². The van der Waals surface area contributed by atoms with Gasteiger partial charge in [0.05, 0.1) is 10.6 Å². The zero-order chi connectivity index (χ0) is 21.1. The van der Waals surface area contributed by atoms with Crippen molar-refractivity contribution < 1.29 is 19.4 Å². The number of ether oxygens (including phenoxy) is 1. The number of phenolic OH excluding ortho intramolecular Hbond substituents is 1. The second kappa shape index (κ2) is 8.65. The molecule has 0 saturated carbocycles. The minimum Gasteiger partial charge on any atom is -0.508 e. The lowest BCUT2D eigenvalue weighted by atomic mass is 10.1. The first-order valence-electron chi connectivity index (χ1n) is 9.05. The van der Waals surface area contributed by atoms with Crippen molar-refractivity contribution in [1.29, 1.82) is 0 Å².